The SMILES string of the molecule is N#CC[C@H]1CN(c2nc(OC[C@@]34CCCN3C[C@H](F)C4)nc3c(F)c(-c4cccc5ccc(F)c(F)c45)ncc23)CCN1C(=O)/C=C/CN1CC[C@@H]2COC[C@H]21. The van der Waals surface area contributed by atoms with E-state index in [2.05, 4.69) is 25.8 Å². The van der Waals surface area contributed by atoms with Crippen LogP contribution in [0.15, 0.2) is 48.7 Å². The molecule has 2 aromatic heterocycles. The van der Waals surface area contributed by atoms with E-state index in [0.29, 0.717) is 55.8 Å². The summed E-state index contributed by atoms with van der Waals surface area (Å²) in [6.45, 7) is 5.07. The average Bonchev–Trinajstić information content (AvgIpc) is 3.98. The molecule has 0 saturated carbocycles. The lowest BCUT2D eigenvalue weighted by molar-refractivity contribution is -0.128. The van der Waals surface area contributed by atoms with Crippen molar-refractivity contribution in [2.24, 2.45) is 5.92 Å². The number of carbonyl (C=O) groups excluding carboxylic acids is 1. The quantitative estimate of drug-likeness (QED) is 0.162. The molecule has 5 aliphatic heterocycles. The number of carbonyl (C=O) groups is 1. The van der Waals surface area contributed by atoms with Gasteiger partial charge >= 0.3 is 6.01 Å². The maximum atomic E-state index is 16.9. The molecule has 0 aliphatic carbocycles. The molecular formula is C41H42F4N8O3. The third-order valence-electron chi connectivity index (χ3n) is 12.5. The Bertz CT molecular complexity index is 2250. The van der Waals surface area contributed by atoms with E-state index in [0.717, 1.165) is 45.0 Å². The predicted molar refractivity (Wildman–Crippen MR) is 200 cm³/mol. The van der Waals surface area contributed by atoms with Gasteiger partial charge in [0, 0.05) is 74.3 Å². The van der Waals surface area contributed by atoms with E-state index >= 15 is 8.78 Å². The monoisotopic (exact) mass is 770 g/mol. The molecule has 56 heavy (non-hydrogen) atoms. The number of alkyl halides is 1. The molecule has 9 rings (SSSR count). The third kappa shape index (κ3) is 6.51. The lowest BCUT2D eigenvalue weighted by atomic mass is 9.95. The van der Waals surface area contributed by atoms with Crippen LogP contribution in [0.5, 0.6) is 6.01 Å². The van der Waals surface area contributed by atoms with Gasteiger partial charge in [0.15, 0.2) is 17.5 Å². The lowest BCUT2D eigenvalue weighted by Crippen LogP contribution is -2.55. The summed E-state index contributed by atoms with van der Waals surface area (Å²) in [6, 6.07) is 9.10. The number of anilines is 1. The fraction of sp³-hybridized carbons (Fsp3) is 0.488. The molecule has 1 amide bonds. The normalized spacial score (nSPS) is 26.8. The number of hydrogen-bond donors (Lipinski definition) is 0. The van der Waals surface area contributed by atoms with Gasteiger partial charge in [0.2, 0.25) is 5.91 Å². The molecule has 0 unspecified atom stereocenters. The molecule has 11 nitrogen and oxygen atoms in total. The summed E-state index contributed by atoms with van der Waals surface area (Å²) in [6.07, 6.45) is 6.98. The minimum atomic E-state index is -1.12. The summed E-state index contributed by atoms with van der Waals surface area (Å²) < 4.78 is 73.1. The van der Waals surface area contributed by atoms with Gasteiger partial charge in [-0.05, 0) is 43.8 Å². The molecule has 2 aromatic carbocycles. The molecule has 5 atom stereocenters. The van der Waals surface area contributed by atoms with Gasteiger partial charge in [-0.15, -0.1) is 0 Å². The first-order chi connectivity index (χ1) is 27.2. The molecule has 292 valence electrons. The fourth-order valence-corrected chi connectivity index (χ4v) is 9.66. The second-order valence-corrected chi connectivity index (χ2v) is 15.7. The Balaban J connectivity index is 1.04. The molecule has 5 aliphatic rings. The Hall–Kier alpha value is -4.91. The standard InChI is InChI=1S/C41H42F4N8O3/c42-27-18-41(11-3-14-52(41)20-27)24-56-40-48-38-30(19-47-37(36(38)45)29-5-1-4-25-7-8-31(43)35(44)34(25)29)39(49-40)51-16-17-53(28(21-51)9-12-46)33(54)6-2-13-50-15-10-26-22-55-23-32(26)50/h1-2,4-8,19,26-28,32H,3,9-11,13-18,20-24H2/b6-2+/t26-,27-,28+,32-,41+/m1/s1. The van der Waals surface area contributed by atoms with Crippen molar-refractivity contribution in [2.45, 2.75) is 55.9 Å². The smallest absolute Gasteiger partial charge is 0.319 e. The van der Waals surface area contributed by atoms with Crippen LogP contribution in [0, 0.1) is 34.7 Å². The number of rotatable bonds is 9. The van der Waals surface area contributed by atoms with E-state index in [1.54, 1.807) is 23.1 Å². The van der Waals surface area contributed by atoms with Crippen molar-refractivity contribution in [1.82, 2.24) is 29.7 Å². The Morgan fingerprint density at radius 3 is 2.84 bits per heavy atom. The fourth-order valence-electron chi connectivity index (χ4n) is 9.66. The van der Waals surface area contributed by atoms with Crippen LogP contribution in [0.3, 0.4) is 0 Å². The topological polar surface area (TPSA) is 111 Å². The van der Waals surface area contributed by atoms with Gasteiger partial charge in [-0.1, -0.05) is 30.3 Å². The lowest BCUT2D eigenvalue weighted by Gasteiger charge is -2.41. The molecule has 0 spiro atoms. The first kappa shape index (κ1) is 36.7. The zero-order chi connectivity index (χ0) is 38.6. The van der Waals surface area contributed by atoms with Crippen molar-refractivity contribution in [3.63, 3.8) is 0 Å². The molecule has 4 aromatic rings. The van der Waals surface area contributed by atoms with Crippen molar-refractivity contribution in [3.8, 4) is 23.3 Å². The number of aromatic nitrogens is 3. The van der Waals surface area contributed by atoms with Crippen LogP contribution in [-0.2, 0) is 9.53 Å². The van der Waals surface area contributed by atoms with E-state index in [-0.39, 0.29) is 65.6 Å². The Morgan fingerprint density at radius 2 is 1.96 bits per heavy atom. The minimum Gasteiger partial charge on any atom is -0.461 e. The second kappa shape index (κ2) is 14.9. The number of benzene rings is 2. The van der Waals surface area contributed by atoms with Crippen molar-refractivity contribution in [3.05, 3.63) is 66.1 Å². The number of pyridine rings is 1. The maximum absolute atomic E-state index is 16.9. The van der Waals surface area contributed by atoms with Crippen LogP contribution in [0.25, 0.3) is 32.9 Å². The zero-order valence-electron chi connectivity index (χ0n) is 30.8. The summed E-state index contributed by atoms with van der Waals surface area (Å²) in [5.41, 5.74) is -0.843. The number of piperazine rings is 1. The first-order valence-electron chi connectivity index (χ1n) is 19.4. The van der Waals surface area contributed by atoms with E-state index in [1.165, 1.54) is 18.3 Å². The Morgan fingerprint density at radius 1 is 1.07 bits per heavy atom. The van der Waals surface area contributed by atoms with Crippen LogP contribution < -0.4 is 9.64 Å². The third-order valence-corrected chi connectivity index (χ3v) is 12.5. The summed E-state index contributed by atoms with van der Waals surface area (Å²) in [5.74, 6) is -2.43. The van der Waals surface area contributed by atoms with E-state index in [1.807, 2.05) is 11.0 Å². The number of amides is 1. The molecule has 7 heterocycles. The zero-order valence-corrected chi connectivity index (χ0v) is 30.8. The minimum absolute atomic E-state index is 0.0531. The van der Waals surface area contributed by atoms with Gasteiger partial charge < -0.3 is 19.3 Å². The van der Waals surface area contributed by atoms with Crippen molar-refractivity contribution >= 4 is 33.4 Å². The van der Waals surface area contributed by atoms with Crippen LogP contribution >= 0.6 is 0 Å². The maximum Gasteiger partial charge on any atom is 0.319 e. The van der Waals surface area contributed by atoms with E-state index < -0.39 is 35.2 Å². The number of halogens is 4. The van der Waals surface area contributed by atoms with Crippen molar-refractivity contribution < 1.29 is 31.8 Å². The first-order valence-corrected chi connectivity index (χ1v) is 19.4. The van der Waals surface area contributed by atoms with Gasteiger partial charge in [-0.25, -0.2) is 17.6 Å². The van der Waals surface area contributed by atoms with Crippen molar-refractivity contribution in [1.29, 1.82) is 5.26 Å². The van der Waals surface area contributed by atoms with Crippen LogP contribution in [0.4, 0.5) is 23.4 Å². The largest absolute Gasteiger partial charge is 0.461 e. The highest BCUT2D eigenvalue weighted by Gasteiger charge is 2.49. The summed E-state index contributed by atoms with van der Waals surface area (Å²) >= 11 is 0. The number of nitriles is 1. The second-order valence-electron chi connectivity index (χ2n) is 15.7. The molecule has 0 radical (unpaired) electrons. The number of hydrogen-bond acceptors (Lipinski definition) is 10. The highest BCUT2D eigenvalue weighted by atomic mass is 19.2. The molecule has 15 heteroatoms. The number of fused-ring (bicyclic) bond motifs is 4. The number of nitrogens with zero attached hydrogens (tertiary/aromatic N) is 8. The van der Waals surface area contributed by atoms with Gasteiger partial charge in [0.05, 0.1) is 42.7 Å². The summed E-state index contributed by atoms with van der Waals surface area (Å²) in [4.78, 5) is 35.3. The van der Waals surface area contributed by atoms with E-state index in [4.69, 9.17) is 14.5 Å². The number of likely N-dealkylation sites (tertiary alicyclic amines) is 1. The van der Waals surface area contributed by atoms with E-state index in [9.17, 15) is 18.8 Å². The number of ether oxygens (including phenoxy) is 2. The van der Waals surface area contributed by atoms with Gasteiger partial charge in [0.1, 0.15) is 29.8 Å². The average molecular weight is 771 g/mol. The van der Waals surface area contributed by atoms with Crippen LogP contribution in [0.1, 0.15) is 32.1 Å². The summed E-state index contributed by atoms with van der Waals surface area (Å²) in [7, 11) is 0. The molecule has 5 fully saturated rings. The predicted octanol–water partition coefficient (Wildman–Crippen LogP) is 5.43. The molecule has 0 N–H and O–H groups in total. The Kier molecular flexibility index (Phi) is 9.75. The van der Waals surface area contributed by atoms with Crippen LogP contribution in [0.2, 0.25) is 0 Å². The van der Waals surface area contributed by atoms with Crippen molar-refractivity contribution in [2.75, 3.05) is 70.5 Å². The summed E-state index contributed by atoms with van der Waals surface area (Å²) in [5, 5.41) is 10.3. The molecule has 5 saturated heterocycles. The van der Waals surface area contributed by atoms with Gasteiger partial charge in [0.25, 0.3) is 0 Å². The highest BCUT2D eigenvalue weighted by molar-refractivity contribution is 5.99. The van der Waals surface area contributed by atoms with Gasteiger partial charge in [-0.2, -0.15) is 15.2 Å². The highest BCUT2D eigenvalue weighted by Crippen LogP contribution is 2.41. The molecular weight excluding hydrogens is 728 g/mol. The van der Waals surface area contributed by atoms with Gasteiger partial charge in [-0.3, -0.25) is 19.6 Å². The van der Waals surface area contributed by atoms with Crippen LogP contribution in [-0.4, -0.2) is 125 Å². The Labute approximate surface area is 321 Å². The molecule has 0 bridgehead atoms.